The molecule has 0 saturated heterocycles. The van der Waals surface area contributed by atoms with Gasteiger partial charge in [-0.1, -0.05) is 25.7 Å². The van der Waals surface area contributed by atoms with E-state index in [0.29, 0.717) is 5.41 Å². The van der Waals surface area contributed by atoms with Crippen molar-refractivity contribution < 1.29 is 0 Å². The van der Waals surface area contributed by atoms with Gasteiger partial charge in [-0.05, 0) is 50.6 Å². The van der Waals surface area contributed by atoms with Crippen LogP contribution in [-0.4, -0.2) is 31.6 Å². The fraction of sp³-hybridized carbons (Fsp3) is 1.00. The summed E-state index contributed by atoms with van der Waals surface area (Å²) in [4.78, 5) is 2.55. The summed E-state index contributed by atoms with van der Waals surface area (Å²) in [6.45, 7) is 3.43. The van der Waals surface area contributed by atoms with Crippen LogP contribution in [0.15, 0.2) is 0 Å². The molecule has 0 spiro atoms. The van der Waals surface area contributed by atoms with Gasteiger partial charge in [-0.3, -0.25) is 0 Å². The molecule has 0 bridgehead atoms. The molecular formula is C14H28N2. The summed E-state index contributed by atoms with van der Waals surface area (Å²) < 4.78 is 0. The van der Waals surface area contributed by atoms with Crippen LogP contribution in [-0.2, 0) is 0 Å². The van der Waals surface area contributed by atoms with Crippen molar-refractivity contribution in [2.24, 2.45) is 17.1 Å². The fourth-order valence-electron chi connectivity index (χ4n) is 3.28. The maximum absolute atomic E-state index is 6.08. The average Bonchev–Trinajstić information content (AvgIpc) is 3.06. The molecule has 0 amide bonds. The molecule has 0 aliphatic heterocycles. The summed E-state index contributed by atoms with van der Waals surface area (Å²) in [5.74, 6) is 1.01. The lowest BCUT2D eigenvalue weighted by atomic mass is 9.80. The van der Waals surface area contributed by atoms with Gasteiger partial charge in [0.2, 0.25) is 0 Å². The summed E-state index contributed by atoms with van der Waals surface area (Å²) in [6.07, 6.45) is 11.3. The Morgan fingerprint density at radius 2 is 1.75 bits per heavy atom. The van der Waals surface area contributed by atoms with Crippen LogP contribution in [0.2, 0.25) is 0 Å². The molecule has 2 nitrogen and oxygen atoms in total. The van der Waals surface area contributed by atoms with Gasteiger partial charge in [-0.2, -0.15) is 0 Å². The minimum atomic E-state index is 0.445. The number of hydrogen-bond acceptors (Lipinski definition) is 2. The SMILES string of the molecule is CN(CC1CC1)CC1(CN)CCCCCC1. The third kappa shape index (κ3) is 3.46. The van der Waals surface area contributed by atoms with Crippen molar-refractivity contribution in [1.29, 1.82) is 0 Å². The van der Waals surface area contributed by atoms with Gasteiger partial charge in [0, 0.05) is 13.1 Å². The standard InChI is InChI=1S/C14H28N2/c1-16(10-13-6-7-13)12-14(11-15)8-4-2-3-5-9-14/h13H,2-12,15H2,1H3. The van der Waals surface area contributed by atoms with Crippen LogP contribution in [0.4, 0.5) is 0 Å². The Morgan fingerprint density at radius 3 is 2.25 bits per heavy atom. The van der Waals surface area contributed by atoms with Crippen molar-refractivity contribution in [2.45, 2.75) is 51.4 Å². The lowest BCUT2D eigenvalue weighted by molar-refractivity contribution is 0.154. The molecule has 0 heterocycles. The Labute approximate surface area is 101 Å². The van der Waals surface area contributed by atoms with Crippen LogP contribution in [0.5, 0.6) is 0 Å². The van der Waals surface area contributed by atoms with E-state index >= 15 is 0 Å². The highest BCUT2D eigenvalue weighted by atomic mass is 15.1. The minimum Gasteiger partial charge on any atom is -0.330 e. The van der Waals surface area contributed by atoms with Crippen LogP contribution in [0.25, 0.3) is 0 Å². The van der Waals surface area contributed by atoms with E-state index in [4.69, 9.17) is 5.73 Å². The molecule has 2 heteroatoms. The number of rotatable bonds is 5. The Hall–Kier alpha value is -0.0800. The van der Waals surface area contributed by atoms with Crippen molar-refractivity contribution in [3.8, 4) is 0 Å². The van der Waals surface area contributed by atoms with Crippen molar-refractivity contribution >= 4 is 0 Å². The first-order valence-corrected chi connectivity index (χ1v) is 7.13. The second-order valence-corrected chi connectivity index (χ2v) is 6.26. The van der Waals surface area contributed by atoms with E-state index in [2.05, 4.69) is 11.9 Å². The number of hydrogen-bond donors (Lipinski definition) is 1. The lowest BCUT2D eigenvalue weighted by Gasteiger charge is -2.35. The Morgan fingerprint density at radius 1 is 1.12 bits per heavy atom. The van der Waals surface area contributed by atoms with Gasteiger partial charge in [0.25, 0.3) is 0 Å². The fourth-order valence-corrected chi connectivity index (χ4v) is 3.28. The lowest BCUT2D eigenvalue weighted by Crippen LogP contribution is -2.41. The molecule has 0 radical (unpaired) electrons. The van der Waals surface area contributed by atoms with Gasteiger partial charge in [0.05, 0.1) is 0 Å². The van der Waals surface area contributed by atoms with Gasteiger partial charge >= 0.3 is 0 Å². The molecular weight excluding hydrogens is 196 g/mol. The van der Waals surface area contributed by atoms with Crippen LogP contribution in [0.1, 0.15) is 51.4 Å². The third-order valence-electron chi connectivity index (χ3n) is 4.47. The van der Waals surface area contributed by atoms with Gasteiger partial charge in [0.15, 0.2) is 0 Å². The largest absolute Gasteiger partial charge is 0.330 e. The highest BCUT2D eigenvalue weighted by Gasteiger charge is 2.32. The predicted molar refractivity (Wildman–Crippen MR) is 69.4 cm³/mol. The topological polar surface area (TPSA) is 29.3 Å². The molecule has 16 heavy (non-hydrogen) atoms. The van der Waals surface area contributed by atoms with Crippen LogP contribution in [0, 0.1) is 11.3 Å². The molecule has 0 atom stereocenters. The van der Waals surface area contributed by atoms with Gasteiger partial charge in [-0.15, -0.1) is 0 Å². The molecule has 94 valence electrons. The zero-order valence-corrected chi connectivity index (χ0v) is 10.9. The van der Waals surface area contributed by atoms with Crippen LogP contribution in [0.3, 0.4) is 0 Å². The normalized spacial score (nSPS) is 25.7. The molecule has 2 aliphatic carbocycles. The van der Waals surface area contributed by atoms with Crippen molar-refractivity contribution in [3.63, 3.8) is 0 Å². The summed E-state index contributed by atoms with van der Waals surface area (Å²) in [5.41, 5.74) is 6.52. The Bertz CT molecular complexity index is 203. The molecule has 2 saturated carbocycles. The third-order valence-corrected chi connectivity index (χ3v) is 4.47. The van der Waals surface area contributed by atoms with E-state index in [1.54, 1.807) is 0 Å². The monoisotopic (exact) mass is 224 g/mol. The first kappa shape index (κ1) is 12.4. The molecule has 0 aromatic heterocycles. The minimum absolute atomic E-state index is 0.445. The van der Waals surface area contributed by atoms with Crippen molar-refractivity contribution in [1.82, 2.24) is 4.90 Å². The smallest absolute Gasteiger partial charge is 0.00471 e. The molecule has 2 aliphatic rings. The highest BCUT2D eigenvalue weighted by Crippen LogP contribution is 2.36. The molecule has 0 aromatic rings. The quantitative estimate of drug-likeness (QED) is 0.727. The second kappa shape index (κ2) is 5.50. The molecule has 2 rings (SSSR count). The van der Waals surface area contributed by atoms with E-state index in [1.165, 1.54) is 64.5 Å². The maximum Gasteiger partial charge on any atom is 0.00471 e. The second-order valence-electron chi connectivity index (χ2n) is 6.26. The van der Waals surface area contributed by atoms with Gasteiger partial charge < -0.3 is 10.6 Å². The van der Waals surface area contributed by atoms with Gasteiger partial charge in [-0.25, -0.2) is 0 Å². The summed E-state index contributed by atoms with van der Waals surface area (Å²) in [5, 5.41) is 0. The zero-order valence-electron chi connectivity index (χ0n) is 10.9. The Balaban J connectivity index is 1.85. The zero-order chi connectivity index (χ0) is 11.4. The molecule has 2 N–H and O–H groups in total. The van der Waals surface area contributed by atoms with Crippen molar-refractivity contribution in [2.75, 3.05) is 26.7 Å². The number of nitrogens with two attached hydrogens (primary N) is 1. The number of nitrogens with zero attached hydrogens (tertiary/aromatic N) is 1. The summed E-state index contributed by atoms with van der Waals surface area (Å²) in [7, 11) is 2.29. The molecule has 0 aromatic carbocycles. The van der Waals surface area contributed by atoms with E-state index in [0.717, 1.165) is 12.5 Å². The maximum atomic E-state index is 6.08. The molecule has 2 fully saturated rings. The molecule has 0 unspecified atom stereocenters. The van der Waals surface area contributed by atoms with Crippen molar-refractivity contribution in [3.05, 3.63) is 0 Å². The van der Waals surface area contributed by atoms with Crippen LogP contribution >= 0.6 is 0 Å². The predicted octanol–water partition coefficient (Wildman–Crippen LogP) is 2.63. The summed E-state index contributed by atoms with van der Waals surface area (Å²) in [6, 6.07) is 0. The highest BCUT2D eigenvalue weighted by molar-refractivity contribution is 4.86. The van der Waals surface area contributed by atoms with E-state index in [9.17, 15) is 0 Å². The average molecular weight is 224 g/mol. The van der Waals surface area contributed by atoms with E-state index in [1.807, 2.05) is 0 Å². The summed E-state index contributed by atoms with van der Waals surface area (Å²) >= 11 is 0. The van der Waals surface area contributed by atoms with E-state index in [-0.39, 0.29) is 0 Å². The van der Waals surface area contributed by atoms with Crippen LogP contribution < -0.4 is 5.73 Å². The Kier molecular flexibility index (Phi) is 4.26. The first-order valence-electron chi connectivity index (χ1n) is 7.13. The first-order chi connectivity index (χ1) is 7.74. The van der Waals surface area contributed by atoms with E-state index < -0.39 is 0 Å². The van der Waals surface area contributed by atoms with Gasteiger partial charge in [0.1, 0.15) is 0 Å².